The van der Waals surface area contributed by atoms with Crippen molar-refractivity contribution < 1.29 is 22.0 Å². The lowest BCUT2D eigenvalue weighted by atomic mass is 10.3. The van der Waals surface area contributed by atoms with Gasteiger partial charge in [0.2, 0.25) is 10.0 Å². The summed E-state index contributed by atoms with van der Waals surface area (Å²) in [5, 5.41) is 0.125. The Hall–Kier alpha value is -1.90. The van der Waals surface area contributed by atoms with Crippen molar-refractivity contribution in [2.24, 2.45) is 0 Å². The van der Waals surface area contributed by atoms with Crippen molar-refractivity contribution in [3.8, 4) is 0 Å². The van der Waals surface area contributed by atoms with Gasteiger partial charge in [0.25, 0.3) is 5.91 Å². The summed E-state index contributed by atoms with van der Waals surface area (Å²) in [7, 11) is -3.97. The number of amides is 1. The minimum absolute atomic E-state index is 0.0802. The van der Waals surface area contributed by atoms with Gasteiger partial charge in [0.15, 0.2) is 5.76 Å². The van der Waals surface area contributed by atoms with Crippen LogP contribution in [-0.2, 0) is 10.0 Å². The Labute approximate surface area is 143 Å². The molecule has 6 nitrogen and oxygen atoms in total. The number of carbonyl (C=O) groups excluding carboxylic acids is 1. The molecule has 1 aliphatic rings. The van der Waals surface area contributed by atoms with E-state index in [9.17, 15) is 17.6 Å². The first kappa shape index (κ1) is 16.9. The van der Waals surface area contributed by atoms with Gasteiger partial charge in [-0.2, -0.15) is 4.31 Å². The maximum Gasteiger partial charge on any atom is 0.289 e. The molecule has 9 heteroatoms. The van der Waals surface area contributed by atoms with Crippen molar-refractivity contribution in [3.05, 3.63) is 53.2 Å². The lowest BCUT2D eigenvalue weighted by Gasteiger charge is -2.33. The Kier molecular flexibility index (Phi) is 4.62. The van der Waals surface area contributed by atoms with Crippen LogP contribution in [0.2, 0.25) is 5.02 Å². The van der Waals surface area contributed by atoms with Gasteiger partial charge < -0.3 is 9.32 Å². The molecule has 1 saturated heterocycles. The highest BCUT2D eigenvalue weighted by Gasteiger charge is 2.32. The molecular formula is C15H14ClFN2O4S. The largest absolute Gasteiger partial charge is 0.459 e. The van der Waals surface area contributed by atoms with Gasteiger partial charge in [0.1, 0.15) is 10.7 Å². The van der Waals surface area contributed by atoms with Crippen molar-refractivity contribution in [1.82, 2.24) is 9.21 Å². The van der Waals surface area contributed by atoms with Crippen LogP contribution in [-0.4, -0.2) is 49.7 Å². The third-order valence-corrected chi connectivity index (χ3v) is 5.94. The van der Waals surface area contributed by atoms with Crippen LogP contribution in [0.3, 0.4) is 0 Å². The van der Waals surface area contributed by atoms with E-state index in [1.54, 1.807) is 12.1 Å². The number of hydrogen-bond donors (Lipinski definition) is 0. The van der Waals surface area contributed by atoms with Crippen molar-refractivity contribution in [2.45, 2.75) is 4.90 Å². The number of rotatable bonds is 3. The van der Waals surface area contributed by atoms with Gasteiger partial charge in [-0.1, -0.05) is 11.6 Å². The molecule has 0 atom stereocenters. The summed E-state index contributed by atoms with van der Waals surface area (Å²) in [6.07, 6.45) is 1.40. The average Bonchev–Trinajstić information content (AvgIpc) is 3.08. The molecule has 0 unspecified atom stereocenters. The minimum atomic E-state index is -3.97. The van der Waals surface area contributed by atoms with E-state index in [0.29, 0.717) is 0 Å². The molecule has 1 fully saturated rings. The molecule has 0 radical (unpaired) electrons. The third-order valence-electron chi connectivity index (χ3n) is 3.77. The van der Waals surface area contributed by atoms with Crippen molar-refractivity contribution in [1.29, 1.82) is 0 Å². The summed E-state index contributed by atoms with van der Waals surface area (Å²) < 4.78 is 45.2. The second kappa shape index (κ2) is 6.54. The molecule has 0 bridgehead atoms. The molecule has 1 aliphatic heterocycles. The summed E-state index contributed by atoms with van der Waals surface area (Å²) in [5.41, 5.74) is 0. The molecule has 128 valence electrons. The molecule has 0 aliphatic carbocycles. The van der Waals surface area contributed by atoms with Gasteiger partial charge in [0, 0.05) is 31.2 Å². The Balaban J connectivity index is 1.73. The van der Waals surface area contributed by atoms with Crippen molar-refractivity contribution in [2.75, 3.05) is 26.2 Å². The highest BCUT2D eigenvalue weighted by atomic mass is 35.5. The number of hydrogen-bond acceptors (Lipinski definition) is 4. The second-order valence-corrected chi connectivity index (χ2v) is 7.59. The van der Waals surface area contributed by atoms with E-state index in [4.69, 9.17) is 16.0 Å². The van der Waals surface area contributed by atoms with E-state index in [1.165, 1.54) is 17.2 Å². The quantitative estimate of drug-likeness (QED) is 0.828. The van der Waals surface area contributed by atoms with E-state index in [1.807, 2.05) is 0 Å². The summed E-state index contributed by atoms with van der Waals surface area (Å²) in [4.78, 5) is 13.3. The van der Waals surface area contributed by atoms with E-state index in [0.717, 1.165) is 16.4 Å². The van der Waals surface area contributed by atoms with Gasteiger partial charge in [-0.15, -0.1) is 0 Å². The molecular weight excluding hydrogens is 359 g/mol. The maximum absolute atomic E-state index is 13.9. The highest BCUT2D eigenvalue weighted by Crippen LogP contribution is 2.23. The van der Waals surface area contributed by atoms with Crippen molar-refractivity contribution >= 4 is 27.5 Å². The summed E-state index contributed by atoms with van der Waals surface area (Å²) in [5.74, 6) is -0.985. The fraction of sp³-hybridized carbons (Fsp3) is 0.267. The van der Waals surface area contributed by atoms with Crippen LogP contribution >= 0.6 is 11.6 Å². The standard InChI is InChI=1S/C15H14ClFN2O4S/c16-11-3-4-14(12(17)10-11)24(21,22)19-7-5-18(6-8-19)15(20)13-2-1-9-23-13/h1-4,9-10H,5-8H2. The number of piperazine rings is 1. The molecule has 3 rings (SSSR count). The predicted octanol–water partition coefficient (Wildman–Crippen LogP) is 2.22. The molecule has 1 aromatic heterocycles. The third kappa shape index (κ3) is 3.17. The molecule has 0 N–H and O–H groups in total. The van der Waals surface area contributed by atoms with Crippen LogP contribution < -0.4 is 0 Å². The normalized spacial score (nSPS) is 16.3. The molecule has 0 saturated carbocycles. The van der Waals surface area contributed by atoms with E-state index >= 15 is 0 Å². The fourth-order valence-corrected chi connectivity index (χ4v) is 4.14. The van der Waals surface area contributed by atoms with Crippen LogP contribution in [0.1, 0.15) is 10.6 Å². The molecule has 0 spiro atoms. The first-order chi connectivity index (χ1) is 11.4. The monoisotopic (exact) mass is 372 g/mol. The molecule has 1 amide bonds. The van der Waals surface area contributed by atoms with E-state index in [2.05, 4.69) is 0 Å². The summed E-state index contributed by atoms with van der Waals surface area (Å²) >= 11 is 5.65. The van der Waals surface area contributed by atoms with Crippen LogP contribution in [0, 0.1) is 5.82 Å². The van der Waals surface area contributed by atoms with Crippen molar-refractivity contribution in [3.63, 3.8) is 0 Å². The summed E-state index contributed by atoms with van der Waals surface area (Å²) in [6, 6.07) is 6.60. The lowest BCUT2D eigenvalue weighted by molar-refractivity contribution is 0.0666. The Morgan fingerprint density at radius 3 is 2.46 bits per heavy atom. The predicted molar refractivity (Wildman–Crippen MR) is 84.8 cm³/mol. The number of benzene rings is 1. The molecule has 2 heterocycles. The SMILES string of the molecule is O=C(c1ccco1)N1CCN(S(=O)(=O)c2ccc(Cl)cc2F)CC1. The zero-order valence-electron chi connectivity index (χ0n) is 12.5. The Bertz CT molecular complexity index is 846. The first-order valence-electron chi connectivity index (χ1n) is 7.17. The minimum Gasteiger partial charge on any atom is -0.459 e. The van der Waals surface area contributed by atoms with Gasteiger partial charge in [-0.25, -0.2) is 12.8 Å². The maximum atomic E-state index is 13.9. The number of furan rings is 1. The second-order valence-electron chi connectivity index (χ2n) is 5.25. The lowest BCUT2D eigenvalue weighted by Crippen LogP contribution is -2.50. The van der Waals surface area contributed by atoms with E-state index < -0.39 is 20.7 Å². The zero-order valence-corrected chi connectivity index (χ0v) is 14.1. The van der Waals surface area contributed by atoms with Crippen LogP contribution in [0.4, 0.5) is 4.39 Å². The van der Waals surface area contributed by atoms with Crippen LogP contribution in [0.5, 0.6) is 0 Å². The van der Waals surface area contributed by atoms with Crippen LogP contribution in [0.25, 0.3) is 0 Å². The Morgan fingerprint density at radius 2 is 1.88 bits per heavy atom. The highest BCUT2D eigenvalue weighted by molar-refractivity contribution is 7.89. The molecule has 2 aromatic rings. The van der Waals surface area contributed by atoms with Gasteiger partial charge >= 0.3 is 0 Å². The van der Waals surface area contributed by atoms with Gasteiger partial charge in [0.05, 0.1) is 6.26 Å². The number of carbonyl (C=O) groups is 1. The van der Waals surface area contributed by atoms with Gasteiger partial charge in [-0.3, -0.25) is 4.79 Å². The zero-order chi connectivity index (χ0) is 17.3. The van der Waals surface area contributed by atoms with Gasteiger partial charge in [-0.05, 0) is 30.3 Å². The topological polar surface area (TPSA) is 70.8 Å². The molecule has 1 aromatic carbocycles. The number of nitrogens with zero attached hydrogens (tertiary/aromatic N) is 2. The molecule has 24 heavy (non-hydrogen) atoms. The number of halogens is 2. The first-order valence-corrected chi connectivity index (χ1v) is 8.99. The summed E-state index contributed by atoms with van der Waals surface area (Å²) in [6.45, 7) is 0.565. The number of sulfonamides is 1. The average molecular weight is 373 g/mol. The Morgan fingerprint density at radius 1 is 1.17 bits per heavy atom. The fourth-order valence-electron chi connectivity index (χ4n) is 2.51. The van der Waals surface area contributed by atoms with E-state index in [-0.39, 0.29) is 42.9 Å². The van der Waals surface area contributed by atoms with Crippen LogP contribution in [0.15, 0.2) is 45.9 Å². The smallest absolute Gasteiger partial charge is 0.289 e.